The number of benzene rings is 3. The molecule has 21 heteroatoms. The molecule has 3 aromatic heterocycles. The van der Waals surface area contributed by atoms with Crippen LogP contribution >= 0.6 is 0 Å². The minimum absolute atomic E-state index is 0.0126. The zero-order valence-electron chi connectivity index (χ0n) is 37.5. The number of Topliss-reactive ketones (excluding diaryl/α,β-unsaturated/α-hetero) is 1. The number of carbonyl (C=O) groups excluding carboxylic acids is 4. The monoisotopic (exact) mass is 952 g/mol. The Morgan fingerprint density at radius 1 is 0.971 bits per heavy atom. The quantitative estimate of drug-likeness (QED) is 0.0650. The molecular weight excluding hydrogens is 900 g/mol. The number of halogens is 1. The number of aliphatic hydroxyl groups is 1. The van der Waals surface area contributed by atoms with Crippen molar-refractivity contribution < 1.29 is 46.6 Å². The van der Waals surface area contributed by atoms with E-state index < -0.39 is 45.8 Å². The predicted octanol–water partition coefficient (Wildman–Crippen LogP) is 3.85. The molecule has 68 heavy (non-hydrogen) atoms. The van der Waals surface area contributed by atoms with Crippen LogP contribution in [0.4, 0.5) is 14.9 Å². The Labute approximate surface area is 392 Å². The number of aromatic amines is 1. The van der Waals surface area contributed by atoms with Crippen molar-refractivity contribution >= 4 is 50.3 Å². The van der Waals surface area contributed by atoms with E-state index in [2.05, 4.69) is 25.6 Å². The number of aliphatic hydroxyl groups excluding tert-OH is 1. The van der Waals surface area contributed by atoms with E-state index in [9.17, 15) is 37.1 Å². The number of pyridine rings is 1. The number of aromatic nitrogens is 5. The fourth-order valence-corrected chi connectivity index (χ4v) is 9.42. The lowest BCUT2D eigenvalue weighted by atomic mass is 10.0. The number of piperazine rings is 1. The van der Waals surface area contributed by atoms with Gasteiger partial charge in [0, 0.05) is 63.1 Å². The number of hydrogen-bond acceptors (Lipinski definition) is 13. The number of alkyl carbamates (subject to hydrolysis) is 1. The zero-order valence-corrected chi connectivity index (χ0v) is 38.3. The minimum atomic E-state index is -3.90. The molecule has 2 saturated heterocycles. The maximum atomic E-state index is 14.6. The Kier molecular flexibility index (Phi) is 15.9. The van der Waals surface area contributed by atoms with Gasteiger partial charge in [0.1, 0.15) is 6.10 Å². The van der Waals surface area contributed by atoms with Gasteiger partial charge in [-0.15, -0.1) is 5.10 Å². The van der Waals surface area contributed by atoms with Crippen LogP contribution in [0.5, 0.6) is 0 Å². The number of rotatable bonds is 15. The summed E-state index contributed by atoms with van der Waals surface area (Å²) in [6.45, 7) is 5.69. The summed E-state index contributed by atoms with van der Waals surface area (Å²) in [6.07, 6.45) is 3.96. The fraction of sp³-hybridized carbons (Fsp3) is 0.340. The van der Waals surface area contributed by atoms with Crippen LogP contribution in [0.1, 0.15) is 46.5 Å². The van der Waals surface area contributed by atoms with Gasteiger partial charge in [-0.2, -0.15) is 4.31 Å². The lowest BCUT2D eigenvalue weighted by Crippen LogP contribution is -2.52. The van der Waals surface area contributed by atoms with Crippen LogP contribution in [0.3, 0.4) is 0 Å². The number of ether oxygens (including phenoxy) is 2. The van der Waals surface area contributed by atoms with Gasteiger partial charge >= 0.3 is 6.09 Å². The molecular formula is C47H53FN10O9S. The second-order valence-electron chi connectivity index (χ2n) is 16.7. The average molecular weight is 953 g/mol. The third-order valence-corrected chi connectivity index (χ3v) is 13.1. The predicted molar refractivity (Wildman–Crippen MR) is 247 cm³/mol. The first-order chi connectivity index (χ1) is 32.7. The molecule has 0 radical (unpaired) electrons. The van der Waals surface area contributed by atoms with Gasteiger partial charge in [-0.25, -0.2) is 27.3 Å². The number of nitrogens with zero attached hydrogens (tertiary/aromatic N) is 7. The maximum absolute atomic E-state index is 14.6. The van der Waals surface area contributed by atoms with Gasteiger partial charge in [-0.3, -0.25) is 14.4 Å². The molecule has 5 N–H and O–H groups in total. The molecule has 3 atom stereocenters. The van der Waals surface area contributed by atoms with Crippen molar-refractivity contribution in [1.82, 2.24) is 44.4 Å². The van der Waals surface area contributed by atoms with Crippen LogP contribution < -0.4 is 11.1 Å². The SMILES string of the molecule is CC(C)CN(C[C@@H](O)[C@H](Cc1ccccc1)NC(=O)O[C@H]1CCOC1)S(=O)(=O)c1ccc(N)cc1.O=C(C(=O)N1CCN(C(=O)c2ccccc2)CC1)c1c[nH]c2c(-n3ccnn3)ncc(F)c12. The van der Waals surface area contributed by atoms with Crippen LogP contribution in [0.25, 0.3) is 16.7 Å². The number of ketones is 1. The van der Waals surface area contributed by atoms with Gasteiger partial charge in [-0.1, -0.05) is 67.6 Å². The van der Waals surface area contributed by atoms with Crippen LogP contribution in [-0.4, -0.2) is 147 Å². The van der Waals surface area contributed by atoms with Gasteiger partial charge in [0.25, 0.3) is 17.6 Å². The van der Waals surface area contributed by atoms with E-state index in [1.807, 2.05) is 50.2 Å². The molecule has 6 aromatic rings. The molecule has 8 rings (SSSR count). The van der Waals surface area contributed by atoms with Crippen LogP contribution in [0.2, 0.25) is 0 Å². The first-order valence-corrected chi connectivity index (χ1v) is 23.5. The van der Waals surface area contributed by atoms with Gasteiger partial charge in [0.15, 0.2) is 11.6 Å². The van der Waals surface area contributed by atoms with Crippen molar-refractivity contribution in [2.45, 2.75) is 49.8 Å². The Hall–Kier alpha value is -7.07. The molecule has 0 unspecified atom stereocenters. The summed E-state index contributed by atoms with van der Waals surface area (Å²) in [5.41, 5.74) is 7.78. The van der Waals surface area contributed by atoms with Crippen molar-refractivity contribution in [3.8, 4) is 5.82 Å². The highest BCUT2D eigenvalue weighted by atomic mass is 32.2. The minimum Gasteiger partial charge on any atom is -0.444 e. The van der Waals surface area contributed by atoms with Gasteiger partial charge in [-0.05, 0) is 54.3 Å². The summed E-state index contributed by atoms with van der Waals surface area (Å²) in [5.74, 6) is -2.17. The number of carbonyl (C=O) groups is 4. The molecule has 358 valence electrons. The number of anilines is 1. The number of H-pyrrole nitrogens is 1. The lowest BCUT2D eigenvalue weighted by molar-refractivity contribution is -0.127. The summed E-state index contributed by atoms with van der Waals surface area (Å²) in [4.78, 5) is 61.0. The van der Waals surface area contributed by atoms with Crippen molar-refractivity contribution in [3.05, 3.63) is 132 Å². The van der Waals surface area contributed by atoms with E-state index in [4.69, 9.17) is 15.2 Å². The molecule has 3 aromatic carbocycles. The van der Waals surface area contributed by atoms with Crippen molar-refractivity contribution in [2.24, 2.45) is 5.92 Å². The highest BCUT2D eigenvalue weighted by Crippen LogP contribution is 2.27. The fourth-order valence-electron chi connectivity index (χ4n) is 7.80. The Morgan fingerprint density at radius 2 is 1.65 bits per heavy atom. The van der Waals surface area contributed by atoms with E-state index in [1.165, 1.54) is 56.7 Å². The van der Waals surface area contributed by atoms with Gasteiger partial charge in [0.05, 0.1) is 65.3 Å². The summed E-state index contributed by atoms with van der Waals surface area (Å²) in [7, 11) is -3.90. The van der Waals surface area contributed by atoms with Gasteiger partial charge < -0.3 is 40.4 Å². The maximum Gasteiger partial charge on any atom is 0.407 e. The Bertz CT molecular complexity index is 2770. The number of nitrogens with two attached hydrogens (primary N) is 1. The number of nitrogens with one attached hydrogen (secondary N) is 2. The second kappa shape index (κ2) is 22.2. The van der Waals surface area contributed by atoms with Crippen molar-refractivity contribution in [2.75, 3.05) is 58.2 Å². The average Bonchev–Trinajstić information content (AvgIpc) is 4.16. The van der Waals surface area contributed by atoms with Crippen molar-refractivity contribution in [3.63, 3.8) is 0 Å². The number of hydrogen-bond donors (Lipinski definition) is 4. The number of nitrogen functional groups attached to an aromatic ring is 1. The van der Waals surface area contributed by atoms with Crippen LogP contribution in [-0.2, 0) is 30.7 Å². The molecule has 2 aliphatic rings. The molecule has 0 bridgehead atoms. The number of amides is 3. The smallest absolute Gasteiger partial charge is 0.407 e. The van der Waals surface area contributed by atoms with E-state index in [0.29, 0.717) is 50.4 Å². The third-order valence-electron chi connectivity index (χ3n) is 11.3. The standard InChI is InChI=1S/C25H35N3O6S.C22H18FN7O3/c1-18(2)15-28(35(31,32)22-10-8-20(26)9-11-22)16-24(29)23(14-19-6-4-3-5-7-19)27-25(30)34-21-12-13-33-17-21;23-16-13-25-20(30-7-6-26-27-30)18-17(16)15(12-24-18)19(31)22(33)29-10-8-28(9-11-29)21(32)14-4-2-1-3-5-14/h3-11,18,21,23-24,29H,12-17,26H2,1-2H3,(H,27,30);1-7,12-13,24H,8-11H2/t21-,23-,24+;/m0./s1. The van der Waals surface area contributed by atoms with E-state index in [1.54, 1.807) is 29.2 Å². The molecule has 0 saturated carbocycles. The van der Waals surface area contributed by atoms with E-state index in [-0.39, 0.29) is 71.3 Å². The first-order valence-electron chi connectivity index (χ1n) is 22.0. The molecule has 0 spiro atoms. The molecule has 3 amide bonds. The Balaban J connectivity index is 0.000000201. The largest absolute Gasteiger partial charge is 0.444 e. The third kappa shape index (κ3) is 11.9. The second-order valence-corrected chi connectivity index (χ2v) is 18.6. The molecule has 19 nitrogen and oxygen atoms in total. The van der Waals surface area contributed by atoms with Crippen LogP contribution in [0, 0.1) is 11.7 Å². The molecule has 2 fully saturated rings. The van der Waals surface area contributed by atoms with Gasteiger partial charge in [0.2, 0.25) is 10.0 Å². The first kappa shape index (κ1) is 48.9. The number of fused-ring (bicyclic) bond motifs is 1. The summed E-state index contributed by atoms with van der Waals surface area (Å²) >= 11 is 0. The van der Waals surface area contributed by atoms with Crippen molar-refractivity contribution in [1.29, 1.82) is 0 Å². The lowest BCUT2D eigenvalue weighted by Gasteiger charge is -2.34. The Morgan fingerprint density at radius 3 is 2.28 bits per heavy atom. The van der Waals surface area contributed by atoms with Crippen LogP contribution in [0.15, 0.2) is 115 Å². The van der Waals surface area contributed by atoms with E-state index >= 15 is 0 Å². The molecule has 5 heterocycles. The molecule has 2 aliphatic heterocycles. The molecule has 0 aliphatic carbocycles. The summed E-state index contributed by atoms with van der Waals surface area (Å²) in [6, 6.07) is 23.4. The van der Waals surface area contributed by atoms with E-state index in [0.717, 1.165) is 11.8 Å². The summed E-state index contributed by atoms with van der Waals surface area (Å²) < 4.78 is 54.7. The zero-order chi connectivity index (χ0) is 48.4. The highest BCUT2D eigenvalue weighted by Gasteiger charge is 2.34. The number of sulfonamides is 1. The highest BCUT2D eigenvalue weighted by molar-refractivity contribution is 7.89. The summed E-state index contributed by atoms with van der Waals surface area (Å²) in [5, 5.41) is 21.5. The normalized spacial score (nSPS) is 16.0. The topological polar surface area (TPSA) is 248 Å².